The monoisotopic (exact) mass is 341 g/mol. The third-order valence-corrected chi connectivity index (χ3v) is 4.07. The molecule has 1 N–H and O–H groups in total. The van der Waals surface area contributed by atoms with Gasteiger partial charge in [0.15, 0.2) is 0 Å². The number of nitrogens with zero attached hydrogens (tertiary/aromatic N) is 5. The van der Waals surface area contributed by atoms with Gasteiger partial charge in [-0.15, -0.1) is 11.3 Å². The lowest BCUT2D eigenvalue weighted by atomic mass is 10.1. The van der Waals surface area contributed by atoms with Gasteiger partial charge in [0, 0.05) is 24.0 Å². The van der Waals surface area contributed by atoms with Crippen molar-refractivity contribution in [2.45, 2.75) is 0 Å². The van der Waals surface area contributed by atoms with E-state index in [1.54, 1.807) is 36.1 Å². The summed E-state index contributed by atoms with van der Waals surface area (Å²) in [5.41, 5.74) is 1.24. The summed E-state index contributed by atoms with van der Waals surface area (Å²) in [5.74, 6) is -0.262. The summed E-state index contributed by atoms with van der Waals surface area (Å²) in [6.45, 7) is 0. The minimum absolute atomic E-state index is 0.0197. The zero-order valence-electron chi connectivity index (χ0n) is 11.5. The van der Waals surface area contributed by atoms with Crippen LogP contribution in [0.5, 0.6) is 0 Å². The molecule has 0 unspecified atom stereocenters. The number of aromatic nitrogens is 4. The number of aliphatic hydroxyl groups is 1. The summed E-state index contributed by atoms with van der Waals surface area (Å²) in [4.78, 5) is 16.4. The molecule has 3 heterocycles. The number of pyridine rings is 1. The lowest BCUT2D eigenvalue weighted by Gasteiger charge is -2.04. The molecule has 0 saturated carbocycles. The largest absolute Gasteiger partial charge is 0.506 e. The Kier molecular flexibility index (Phi) is 4.28. The first-order valence-corrected chi connectivity index (χ1v) is 7.63. The van der Waals surface area contributed by atoms with Crippen molar-refractivity contribution in [3.05, 3.63) is 58.7 Å². The van der Waals surface area contributed by atoms with Gasteiger partial charge in [0.1, 0.15) is 33.3 Å². The number of hydrogen-bond acceptors (Lipinski definition) is 7. The molecule has 3 aromatic heterocycles. The highest BCUT2D eigenvalue weighted by molar-refractivity contribution is 7.13. The molecule has 0 spiro atoms. The first-order valence-electron chi connectivity index (χ1n) is 6.37. The first kappa shape index (κ1) is 15.1. The van der Waals surface area contributed by atoms with Crippen LogP contribution in [0, 0.1) is 11.3 Å². The van der Waals surface area contributed by atoms with Crippen molar-refractivity contribution in [1.82, 2.24) is 19.9 Å². The van der Waals surface area contributed by atoms with Crippen LogP contribution in [0.3, 0.4) is 0 Å². The number of rotatable bonds is 3. The van der Waals surface area contributed by atoms with Gasteiger partial charge in [0.2, 0.25) is 0 Å². The van der Waals surface area contributed by atoms with Gasteiger partial charge >= 0.3 is 0 Å². The van der Waals surface area contributed by atoms with Crippen LogP contribution in [0.1, 0.15) is 11.3 Å². The van der Waals surface area contributed by atoms with E-state index in [0.29, 0.717) is 16.4 Å². The molecule has 8 heteroatoms. The van der Waals surface area contributed by atoms with Crippen LogP contribution in [0.15, 0.2) is 42.3 Å². The zero-order chi connectivity index (χ0) is 16.2. The standard InChI is InChI=1S/C15H8ClN5OS/c16-14-9(2-1-3-20-14)13(22)10(6-17)12-8-23-15(21-12)11-7-18-4-5-19-11/h1-5,7-8,22H. The molecule has 112 valence electrons. The average Bonchev–Trinajstić information content (AvgIpc) is 3.06. The van der Waals surface area contributed by atoms with E-state index in [-0.39, 0.29) is 22.0 Å². The second-order valence-corrected chi connectivity index (χ2v) is 5.52. The minimum Gasteiger partial charge on any atom is -0.506 e. The van der Waals surface area contributed by atoms with E-state index in [0.717, 1.165) is 0 Å². The maximum Gasteiger partial charge on any atom is 0.145 e. The fourth-order valence-electron chi connectivity index (χ4n) is 1.84. The number of thiazole rings is 1. The molecule has 0 radical (unpaired) electrons. The Morgan fingerprint density at radius 2 is 2.13 bits per heavy atom. The highest BCUT2D eigenvalue weighted by Crippen LogP contribution is 2.30. The van der Waals surface area contributed by atoms with Crippen LogP contribution < -0.4 is 0 Å². The highest BCUT2D eigenvalue weighted by Gasteiger charge is 2.17. The van der Waals surface area contributed by atoms with E-state index in [1.165, 1.54) is 17.5 Å². The minimum atomic E-state index is -0.262. The molecule has 6 nitrogen and oxygen atoms in total. The Morgan fingerprint density at radius 1 is 1.26 bits per heavy atom. The van der Waals surface area contributed by atoms with E-state index in [1.807, 2.05) is 6.07 Å². The van der Waals surface area contributed by atoms with Crippen molar-refractivity contribution in [3.63, 3.8) is 0 Å². The van der Waals surface area contributed by atoms with Crippen LogP contribution in [0.4, 0.5) is 0 Å². The zero-order valence-corrected chi connectivity index (χ0v) is 13.1. The maximum atomic E-state index is 10.4. The molecule has 0 aliphatic rings. The number of halogens is 1. The smallest absolute Gasteiger partial charge is 0.145 e. The highest BCUT2D eigenvalue weighted by atomic mass is 35.5. The molecule has 0 saturated heterocycles. The van der Waals surface area contributed by atoms with Crippen molar-refractivity contribution < 1.29 is 5.11 Å². The number of aliphatic hydroxyl groups excluding tert-OH is 1. The van der Waals surface area contributed by atoms with Gasteiger partial charge in [0.05, 0.1) is 17.5 Å². The molecule has 23 heavy (non-hydrogen) atoms. The predicted octanol–water partition coefficient (Wildman–Crippen LogP) is 3.60. The molecular weight excluding hydrogens is 334 g/mol. The van der Waals surface area contributed by atoms with Crippen molar-refractivity contribution in [2.24, 2.45) is 0 Å². The molecule has 3 rings (SSSR count). The molecular formula is C15H8ClN5OS. The molecule has 3 aromatic rings. The molecule has 0 aliphatic carbocycles. The fraction of sp³-hybridized carbons (Fsp3) is 0. The van der Waals surface area contributed by atoms with Gasteiger partial charge in [0.25, 0.3) is 0 Å². The van der Waals surface area contributed by atoms with Gasteiger partial charge in [-0.2, -0.15) is 5.26 Å². The molecule has 0 amide bonds. The molecule has 0 atom stereocenters. The average molecular weight is 342 g/mol. The Morgan fingerprint density at radius 3 is 2.83 bits per heavy atom. The second kappa shape index (κ2) is 6.52. The SMILES string of the molecule is N#CC(=C(O)c1cccnc1Cl)c1csc(-c2cnccn2)n1. The fourth-order valence-corrected chi connectivity index (χ4v) is 2.82. The van der Waals surface area contributed by atoms with Gasteiger partial charge in [-0.25, -0.2) is 9.97 Å². The predicted molar refractivity (Wildman–Crippen MR) is 87.4 cm³/mol. The van der Waals surface area contributed by atoms with Crippen LogP contribution in [0.25, 0.3) is 22.0 Å². The van der Waals surface area contributed by atoms with Crippen molar-refractivity contribution >= 4 is 34.3 Å². The lowest BCUT2D eigenvalue weighted by molar-refractivity contribution is 0.513. The topological polar surface area (TPSA) is 95.6 Å². The number of allylic oxidation sites excluding steroid dienone is 1. The van der Waals surface area contributed by atoms with Crippen LogP contribution in [-0.4, -0.2) is 25.0 Å². The summed E-state index contributed by atoms with van der Waals surface area (Å²) in [5, 5.41) is 22.1. The van der Waals surface area contributed by atoms with Crippen LogP contribution in [0.2, 0.25) is 5.15 Å². The number of nitriles is 1. The summed E-state index contributed by atoms with van der Waals surface area (Å²) >= 11 is 7.26. The first-order chi connectivity index (χ1) is 11.2. The van der Waals surface area contributed by atoms with E-state index in [9.17, 15) is 10.4 Å². The quantitative estimate of drug-likeness (QED) is 0.444. The van der Waals surface area contributed by atoms with Crippen molar-refractivity contribution in [3.8, 4) is 16.8 Å². The molecule has 0 fully saturated rings. The van der Waals surface area contributed by atoms with E-state index in [2.05, 4.69) is 19.9 Å². The maximum absolute atomic E-state index is 10.4. The third kappa shape index (κ3) is 3.04. The number of hydrogen-bond donors (Lipinski definition) is 1. The van der Waals surface area contributed by atoms with Crippen LogP contribution >= 0.6 is 22.9 Å². The lowest BCUT2D eigenvalue weighted by Crippen LogP contribution is -1.93. The van der Waals surface area contributed by atoms with Gasteiger partial charge < -0.3 is 5.11 Å². The van der Waals surface area contributed by atoms with Gasteiger partial charge in [-0.05, 0) is 12.1 Å². The summed E-state index contributed by atoms with van der Waals surface area (Å²) in [7, 11) is 0. The summed E-state index contributed by atoms with van der Waals surface area (Å²) < 4.78 is 0. The van der Waals surface area contributed by atoms with Crippen molar-refractivity contribution in [1.29, 1.82) is 5.26 Å². The van der Waals surface area contributed by atoms with E-state index < -0.39 is 0 Å². The molecule has 0 aliphatic heterocycles. The Labute approximate surface area is 140 Å². The Hall–Kier alpha value is -2.82. The van der Waals surface area contributed by atoms with Crippen molar-refractivity contribution in [2.75, 3.05) is 0 Å². The molecule has 0 aromatic carbocycles. The Balaban J connectivity index is 2.06. The molecule has 0 bridgehead atoms. The van der Waals surface area contributed by atoms with E-state index in [4.69, 9.17) is 11.6 Å². The summed E-state index contributed by atoms with van der Waals surface area (Å²) in [6.07, 6.45) is 6.20. The third-order valence-electron chi connectivity index (χ3n) is 2.91. The van der Waals surface area contributed by atoms with Crippen LogP contribution in [-0.2, 0) is 0 Å². The van der Waals surface area contributed by atoms with E-state index >= 15 is 0 Å². The summed E-state index contributed by atoms with van der Waals surface area (Å²) in [6, 6.07) is 5.16. The Bertz CT molecular complexity index is 917. The normalized spacial score (nSPS) is 11.7. The second-order valence-electron chi connectivity index (χ2n) is 4.31. The van der Waals surface area contributed by atoms with Gasteiger partial charge in [-0.3, -0.25) is 9.97 Å². The van der Waals surface area contributed by atoms with Gasteiger partial charge in [-0.1, -0.05) is 11.6 Å².